The smallest absolute Gasteiger partial charge is 0.330 e. The standard InChI is InChI=1S/C14H22N2O3/c1-5-14(6-2)10(4)7-11(19-14)16-8-9(3)12(17)15-13(16)18/h8,10-11H,5-7H2,1-4H3,(H,15,17,18)/t10-,11-/m1/s1. The van der Waals surface area contributed by atoms with Crippen molar-refractivity contribution in [1.29, 1.82) is 0 Å². The Balaban J connectivity index is 2.38. The SMILES string of the molecule is CCC1(CC)O[C@@H](n2cc(C)c(=O)[nH]c2=O)C[C@H]1C. The molecular formula is C14H22N2O3. The molecule has 19 heavy (non-hydrogen) atoms. The fourth-order valence-electron chi connectivity index (χ4n) is 3.04. The lowest BCUT2D eigenvalue weighted by Gasteiger charge is -2.30. The Hall–Kier alpha value is -1.36. The van der Waals surface area contributed by atoms with E-state index in [1.165, 1.54) is 4.57 Å². The number of aromatic amines is 1. The van der Waals surface area contributed by atoms with E-state index < -0.39 is 5.69 Å². The molecule has 0 aliphatic carbocycles. The fourth-order valence-corrected chi connectivity index (χ4v) is 3.04. The summed E-state index contributed by atoms with van der Waals surface area (Å²) in [5, 5.41) is 0. The summed E-state index contributed by atoms with van der Waals surface area (Å²) in [4.78, 5) is 25.6. The van der Waals surface area contributed by atoms with Crippen molar-refractivity contribution in [3.63, 3.8) is 0 Å². The summed E-state index contributed by atoms with van der Waals surface area (Å²) in [6.45, 7) is 8.09. The molecule has 2 heterocycles. The Labute approximate surface area is 112 Å². The first kappa shape index (κ1) is 14.1. The normalized spacial score (nSPS) is 25.7. The largest absolute Gasteiger partial charge is 0.351 e. The molecule has 0 aromatic carbocycles. The quantitative estimate of drug-likeness (QED) is 0.909. The average molecular weight is 266 g/mol. The second-order valence-corrected chi connectivity index (χ2v) is 5.46. The van der Waals surface area contributed by atoms with E-state index in [1.807, 2.05) is 0 Å². The molecule has 1 aliphatic rings. The zero-order valence-corrected chi connectivity index (χ0v) is 12.0. The Morgan fingerprint density at radius 1 is 1.42 bits per heavy atom. The van der Waals surface area contributed by atoms with Crippen molar-refractivity contribution < 1.29 is 4.74 Å². The van der Waals surface area contributed by atoms with Crippen LogP contribution in [-0.2, 0) is 4.74 Å². The van der Waals surface area contributed by atoms with E-state index in [1.54, 1.807) is 13.1 Å². The van der Waals surface area contributed by atoms with Gasteiger partial charge in [-0.15, -0.1) is 0 Å². The van der Waals surface area contributed by atoms with Crippen LogP contribution in [0.4, 0.5) is 0 Å². The van der Waals surface area contributed by atoms with Gasteiger partial charge >= 0.3 is 5.69 Å². The summed E-state index contributed by atoms with van der Waals surface area (Å²) >= 11 is 0. The van der Waals surface area contributed by atoms with Crippen LogP contribution in [0, 0.1) is 12.8 Å². The van der Waals surface area contributed by atoms with Gasteiger partial charge in [-0.05, 0) is 32.1 Å². The molecule has 0 bridgehead atoms. The number of rotatable bonds is 3. The van der Waals surface area contributed by atoms with Gasteiger partial charge in [-0.3, -0.25) is 14.3 Å². The molecule has 1 aromatic rings. The van der Waals surface area contributed by atoms with Crippen LogP contribution in [0.15, 0.2) is 15.8 Å². The van der Waals surface area contributed by atoms with Gasteiger partial charge in [0.2, 0.25) is 0 Å². The Morgan fingerprint density at radius 3 is 2.58 bits per heavy atom. The highest BCUT2D eigenvalue weighted by Gasteiger charge is 2.44. The van der Waals surface area contributed by atoms with Crippen LogP contribution in [0.1, 0.15) is 51.8 Å². The number of nitrogens with one attached hydrogen (secondary N) is 1. The molecule has 0 amide bonds. The molecule has 5 nitrogen and oxygen atoms in total. The first-order chi connectivity index (χ1) is 8.93. The van der Waals surface area contributed by atoms with E-state index in [0.29, 0.717) is 11.5 Å². The Bertz CT molecular complexity index is 569. The monoisotopic (exact) mass is 266 g/mol. The predicted octanol–water partition coefficient (Wildman–Crippen LogP) is 1.96. The number of hydrogen-bond acceptors (Lipinski definition) is 3. The molecule has 2 rings (SSSR count). The second-order valence-electron chi connectivity index (χ2n) is 5.46. The lowest BCUT2D eigenvalue weighted by atomic mass is 9.84. The summed E-state index contributed by atoms with van der Waals surface area (Å²) in [5.74, 6) is 0.395. The first-order valence-electron chi connectivity index (χ1n) is 6.93. The van der Waals surface area contributed by atoms with Crippen LogP contribution in [0.5, 0.6) is 0 Å². The first-order valence-corrected chi connectivity index (χ1v) is 6.93. The van der Waals surface area contributed by atoms with Gasteiger partial charge in [0.1, 0.15) is 6.23 Å². The minimum absolute atomic E-state index is 0.159. The van der Waals surface area contributed by atoms with Crippen LogP contribution < -0.4 is 11.2 Å². The number of hydrogen-bond donors (Lipinski definition) is 1. The molecule has 0 radical (unpaired) electrons. The second kappa shape index (κ2) is 4.96. The number of nitrogens with zero attached hydrogens (tertiary/aromatic N) is 1. The highest BCUT2D eigenvalue weighted by atomic mass is 16.5. The topological polar surface area (TPSA) is 64.1 Å². The van der Waals surface area contributed by atoms with Gasteiger partial charge in [0.15, 0.2) is 0 Å². The molecule has 1 aromatic heterocycles. The van der Waals surface area contributed by atoms with E-state index in [9.17, 15) is 9.59 Å². The predicted molar refractivity (Wildman–Crippen MR) is 73.3 cm³/mol. The third-order valence-electron chi connectivity index (χ3n) is 4.48. The van der Waals surface area contributed by atoms with E-state index in [-0.39, 0.29) is 17.4 Å². The van der Waals surface area contributed by atoms with Gasteiger partial charge in [0.05, 0.1) is 5.60 Å². The average Bonchev–Trinajstić information content (AvgIpc) is 2.71. The molecule has 1 saturated heterocycles. The Kier molecular flexibility index (Phi) is 3.67. The van der Waals surface area contributed by atoms with Gasteiger partial charge < -0.3 is 4.74 Å². The van der Waals surface area contributed by atoms with Crippen molar-refractivity contribution >= 4 is 0 Å². The summed E-state index contributed by atoms with van der Waals surface area (Å²) in [6.07, 6.45) is 3.97. The Morgan fingerprint density at radius 2 is 2.05 bits per heavy atom. The third-order valence-corrected chi connectivity index (χ3v) is 4.48. The molecule has 106 valence electrons. The minimum Gasteiger partial charge on any atom is -0.351 e. The highest BCUT2D eigenvalue weighted by Crippen LogP contribution is 2.44. The molecule has 1 fully saturated rings. The molecule has 1 N–H and O–H groups in total. The van der Waals surface area contributed by atoms with Crippen LogP contribution in [0.2, 0.25) is 0 Å². The maximum absolute atomic E-state index is 11.9. The zero-order valence-electron chi connectivity index (χ0n) is 12.0. The van der Waals surface area contributed by atoms with Gasteiger partial charge in [-0.1, -0.05) is 20.8 Å². The van der Waals surface area contributed by atoms with Crippen molar-refractivity contribution in [1.82, 2.24) is 9.55 Å². The number of aromatic nitrogens is 2. The van der Waals surface area contributed by atoms with E-state index in [4.69, 9.17) is 4.74 Å². The van der Waals surface area contributed by atoms with E-state index >= 15 is 0 Å². The number of ether oxygens (including phenoxy) is 1. The van der Waals surface area contributed by atoms with Crippen LogP contribution in [0.3, 0.4) is 0 Å². The van der Waals surface area contributed by atoms with E-state index in [2.05, 4.69) is 25.8 Å². The van der Waals surface area contributed by atoms with E-state index in [0.717, 1.165) is 19.3 Å². The van der Waals surface area contributed by atoms with Crippen molar-refractivity contribution in [2.75, 3.05) is 0 Å². The number of aryl methyl sites for hydroxylation is 1. The summed E-state index contributed by atoms with van der Waals surface area (Å²) < 4.78 is 7.68. The van der Waals surface area contributed by atoms with Crippen molar-refractivity contribution in [3.05, 3.63) is 32.6 Å². The lowest BCUT2D eigenvalue weighted by molar-refractivity contribution is -0.0890. The van der Waals surface area contributed by atoms with Crippen LogP contribution in [-0.4, -0.2) is 15.2 Å². The van der Waals surface area contributed by atoms with Crippen molar-refractivity contribution in [2.45, 2.75) is 58.8 Å². The molecule has 1 aliphatic heterocycles. The molecule has 2 atom stereocenters. The van der Waals surface area contributed by atoms with Gasteiger partial charge in [0.25, 0.3) is 5.56 Å². The molecule has 0 spiro atoms. The lowest BCUT2D eigenvalue weighted by Crippen LogP contribution is -2.35. The third kappa shape index (κ3) is 2.27. The molecule has 0 saturated carbocycles. The fraction of sp³-hybridized carbons (Fsp3) is 0.714. The zero-order chi connectivity index (χ0) is 14.2. The van der Waals surface area contributed by atoms with Gasteiger partial charge in [-0.2, -0.15) is 0 Å². The van der Waals surface area contributed by atoms with Gasteiger partial charge in [-0.25, -0.2) is 4.79 Å². The maximum atomic E-state index is 11.9. The molecule has 0 unspecified atom stereocenters. The summed E-state index contributed by atoms with van der Waals surface area (Å²) in [7, 11) is 0. The van der Waals surface area contributed by atoms with Crippen LogP contribution in [0.25, 0.3) is 0 Å². The van der Waals surface area contributed by atoms with Crippen molar-refractivity contribution in [3.8, 4) is 0 Å². The minimum atomic E-state index is -0.393. The van der Waals surface area contributed by atoms with Crippen LogP contribution >= 0.6 is 0 Å². The molecule has 5 heteroatoms. The maximum Gasteiger partial charge on any atom is 0.330 e. The molecular weight excluding hydrogens is 244 g/mol. The highest BCUT2D eigenvalue weighted by molar-refractivity contribution is 5.02. The van der Waals surface area contributed by atoms with Gasteiger partial charge in [0, 0.05) is 11.8 Å². The number of H-pyrrole nitrogens is 1. The summed E-state index contributed by atoms with van der Waals surface area (Å²) in [6, 6.07) is 0. The summed E-state index contributed by atoms with van der Waals surface area (Å²) in [5.41, 5.74) is -0.351. The van der Waals surface area contributed by atoms with Crippen molar-refractivity contribution in [2.24, 2.45) is 5.92 Å².